The third-order valence-corrected chi connectivity index (χ3v) is 4.56. The molecule has 2 N–H and O–H groups in total. The van der Waals surface area contributed by atoms with Crippen LogP contribution in [-0.2, 0) is 0 Å². The maximum atomic E-state index is 9.85. The van der Waals surface area contributed by atoms with Gasteiger partial charge in [-0.1, -0.05) is 25.6 Å². The molecule has 1 aliphatic rings. The summed E-state index contributed by atoms with van der Waals surface area (Å²) in [6.45, 7) is 6.40. The number of aryl methyl sites for hydroxylation is 1. The molecule has 1 fully saturated rings. The van der Waals surface area contributed by atoms with Gasteiger partial charge in [-0.3, -0.25) is 0 Å². The largest absolute Gasteiger partial charge is 0.394 e. The van der Waals surface area contributed by atoms with E-state index in [1.165, 1.54) is 12.8 Å². The Kier molecular flexibility index (Phi) is 4.81. The Hall–Kier alpha value is -0.650. The molecule has 19 heavy (non-hydrogen) atoms. The number of aliphatic hydroxyl groups excluding tert-OH is 1. The monoisotopic (exact) mass is 281 g/mol. The molecule has 1 saturated carbocycles. The van der Waals surface area contributed by atoms with E-state index < -0.39 is 0 Å². The fourth-order valence-corrected chi connectivity index (χ4v) is 3.54. The Labute approximate surface area is 119 Å². The number of nitrogens with zero attached hydrogens (tertiary/aromatic N) is 2. The quantitative estimate of drug-likeness (QED) is 0.591. The average molecular weight is 281 g/mol. The van der Waals surface area contributed by atoms with Crippen molar-refractivity contribution < 1.29 is 5.11 Å². The molecule has 5 heteroatoms. The molecule has 0 aliphatic heterocycles. The van der Waals surface area contributed by atoms with E-state index in [0.29, 0.717) is 12.0 Å². The molecular formula is C14H23N3OS. The van der Waals surface area contributed by atoms with Crippen LogP contribution in [0.5, 0.6) is 0 Å². The Morgan fingerprint density at radius 2 is 2.26 bits per heavy atom. The van der Waals surface area contributed by atoms with E-state index >= 15 is 0 Å². The number of hydrogen-bond acceptors (Lipinski definition) is 5. The number of hydrogen-bond donors (Lipinski definition) is 2. The van der Waals surface area contributed by atoms with E-state index in [2.05, 4.69) is 29.1 Å². The van der Waals surface area contributed by atoms with Gasteiger partial charge in [-0.05, 0) is 31.7 Å². The lowest BCUT2D eigenvalue weighted by atomic mass is 9.95. The van der Waals surface area contributed by atoms with Gasteiger partial charge in [0.25, 0.3) is 0 Å². The molecule has 1 atom stereocenters. The van der Waals surface area contributed by atoms with Crippen molar-refractivity contribution in [2.24, 2.45) is 5.92 Å². The molecule has 106 valence electrons. The molecule has 0 saturated heterocycles. The van der Waals surface area contributed by atoms with E-state index in [-0.39, 0.29) is 12.1 Å². The summed E-state index contributed by atoms with van der Waals surface area (Å²) in [6.07, 6.45) is 4.20. The zero-order chi connectivity index (χ0) is 13.9. The van der Waals surface area contributed by atoms with Gasteiger partial charge in [0.15, 0.2) is 5.16 Å². The summed E-state index contributed by atoms with van der Waals surface area (Å²) in [5.74, 6) is 1.40. The van der Waals surface area contributed by atoms with Crippen LogP contribution in [0.3, 0.4) is 0 Å². The Balaban J connectivity index is 2.03. The van der Waals surface area contributed by atoms with Gasteiger partial charge in [-0.15, -0.1) is 0 Å². The van der Waals surface area contributed by atoms with Gasteiger partial charge in [0.05, 0.1) is 12.1 Å². The van der Waals surface area contributed by atoms with Crippen molar-refractivity contribution in [3.05, 3.63) is 18.0 Å². The molecule has 2 rings (SSSR count). The van der Waals surface area contributed by atoms with Crippen molar-refractivity contribution >= 4 is 11.8 Å². The third kappa shape index (κ3) is 3.91. The SMILES string of the molecule is Cc1ccnc(SCC(CO)(NC(C)C)C2CC2)n1. The van der Waals surface area contributed by atoms with Crippen molar-refractivity contribution in [1.29, 1.82) is 0 Å². The molecular weight excluding hydrogens is 258 g/mol. The topological polar surface area (TPSA) is 58.0 Å². The molecule has 0 spiro atoms. The molecule has 1 aromatic heterocycles. The minimum Gasteiger partial charge on any atom is -0.394 e. The smallest absolute Gasteiger partial charge is 0.187 e. The summed E-state index contributed by atoms with van der Waals surface area (Å²) in [7, 11) is 0. The molecule has 4 nitrogen and oxygen atoms in total. The maximum Gasteiger partial charge on any atom is 0.187 e. The highest BCUT2D eigenvalue weighted by Crippen LogP contribution is 2.42. The third-order valence-electron chi connectivity index (χ3n) is 3.45. The Morgan fingerprint density at radius 1 is 1.53 bits per heavy atom. The summed E-state index contributed by atoms with van der Waals surface area (Å²) < 4.78 is 0. The number of aliphatic hydroxyl groups is 1. The molecule has 1 heterocycles. The number of nitrogens with one attached hydrogen (secondary N) is 1. The van der Waals surface area contributed by atoms with E-state index in [0.717, 1.165) is 16.6 Å². The van der Waals surface area contributed by atoms with Crippen molar-refractivity contribution in [3.63, 3.8) is 0 Å². The number of thioether (sulfide) groups is 1. The van der Waals surface area contributed by atoms with Crippen LogP contribution in [0.4, 0.5) is 0 Å². The molecule has 0 bridgehead atoms. The highest BCUT2D eigenvalue weighted by molar-refractivity contribution is 7.99. The van der Waals surface area contributed by atoms with Crippen LogP contribution >= 0.6 is 11.8 Å². The summed E-state index contributed by atoms with van der Waals surface area (Å²) in [4.78, 5) is 8.69. The van der Waals surface area contributed by atoms with Gasteiger partial charge < -0.3 is 10.4 Å². The fourth-order valence-electron chi connectivity index (χ4n) is 2.40. The first-order valence-electron chi connectivity index (χ1n) is 6.87. The van der Waals surface area contributed by atoms with Gasteiger partial charge in [0, 0.05) is 23.7 Å². The highest BCUT2D eigenvalue weighted by atomic mass is 32.2. The molecule has 1 unspecified atom stereocenters. The molecule has 1 aromatic rings. The first kappa shape index (κ1) is 14.8. The van der Waals surface area contributed by atoms with Crippen LogP contribution in [0.2, 0.25) is 0 Å². The van der Waals surface area contributed by atoms with E-state index in [1.54, 1.807) is 18.0 Å². The van der Waals surface area contributed by atoms with Crippen molar-refractivity contribution in [2.75, 3.05) is 12.4 Å². The highest BCUT2D eigenvalue weighted by Gasteiger charge is 2.45. The van der Waals surface area contributed by atoms with Crippen molar-refractivity contribution in [1.82, 2.24) is 15.3 Å². The summed E-state index contributed by atoms with van der Waals surface area (Å²) in [5.41, 5.74) is 0.793. The number of rotatable bonds is 7. The zero-order valence-electron chi connectivity index (χ0n) is 11.9. The van der Waals surface area contributed by atoms with E-state index in [4.69, 9.17) is 0 Å². The molecule has 0 amide bonds. The van der Waals surface area contributed by atoms with E-state index in [1.807, 2.05) is 13.0 Å². The summed E-state index contributed by atoms with van der Waals surface area (Å²) >= 11 is 1.63. The Morgan fingerprint density at radius 3 is 2.79 bits per heavy atom. The predicted octanol–water partition coefficient (Wildman–Crippen LogP) is 2.02. The standard InChI is InChI=1S/C14H23N3OS/c1-10(2)17-14(8-18,12-4-5-12)9-19-13-15-7-6-11(3)16-13/h6-7,10,12,17-18H,4-5,8-9H2,1-3H3. The molecule has 1 aliphatic carbocycles. The first-order chi connectivity index (χ1) is 9.05. The lowest BCUT2D eigenvalue weighted by molar-refractivity contribution is 0.150. The minimum absolute atomic E-state index is 0.175. The Bertz CT molecular complexity index is 423. The second-order valence-corrected chi connectivity index (χ2v) is 6.60. The van der Waals surface area contributed by atoms with E-state index in [9.17, 15) is 5.11 Å². The first-order valence-corrected chi connectivity index (χ1v) is 7.85. The summed E-state index contributed by atoms with van der Waals surface area (Å²) in [5, 5.41) is 14.2. The van der Waals surface area contributed by atoms with Crippen LogP contribution in [0, 0.1) is 12.8 Å². The fraction of sp³-hybridized carbons (Fsp3) is 0.714. The lowest BCUT2D eigenvalue weighted by Gasteiger charge is -2.35. The van der Waals surface area contributed by atoms with Gasteiger partial charge in [0.2, 0.25) is 0 Å². The van der Waals surface area contributed by atoms with Crippen LogP contribution in [0.1, 0.15) is 32.4 Å². The zero-order valence-corrected chi connectivity index (χ0v) is 12.7. The maximum absolute atomic E-state index is 9.85. The van der Waals surface area contributed by atoms with Crippen LogP contribution in [0.15, 0.2) is 17.4 Å². The molecule has 0 aromatic carbocycles. The van der Waals surface area contributed by atoms with Crippen LogP contribution in [0.25, 0.3) is 0 Å². The second kappa shape index (κ2) is 6.20. The average Bonchev–Trinajstić information content (AvgIpc) is 3.19. The lowest BCUT2D eigenvalue weighted by Crippen LogP contribution is -2.55. The van der Waals surface area contributed by atoms with Crippen molar-refractivity contribution in [3.8, 4) is 0 Å². The normalized spacial score (nSPS) is 18.6. The van der Waals surface area contributed by atoms with Gasteiger partial charge in [-0.25, -0.2) is 9.97 Å². The minimum atomic E-state index is -0.189. The van der Waals surface area contributed by atoms with Gasteiger partial charge in [0.1, 0.15) is 0 Å². The summed E-state index contributed by atoms with van der Waals surface area (Å²) in [6, 6.07) is 2.27. The van der Waals surface area contributed by atoms with Crippen molar-refractivity contribution in [2.45, 2.75) is 50.4 Å². The van der Waals surface area contributed by atoms with Gasteiger partial charge >= 0.3 is 0 Å². The van der Waals surface area contributed by atoms with Gasteiger partial charge in [-0.2, -0.15) is 0 Å². The van der Waals surface area contributed by atoms with Crippen LogP contribution in [-0.4, -0.2) is 39.0 Å². The number of aromatic nitrogens is 2. The molecule has 0 radical (unpaired) electrons. The van der Waals surface area contributed by atoms with Crippen LogP contribution < -0.4 is 5.32 Å². The predicted molar refractivity (Wildman–Crippen MR) is 78.3 cm³/mol. The second-order valence-electron chi connectivity index (χ2n) is 5.66.